The number of nitrogens with one attached hydrogen (secondary N) is 3. The molecule has 0 saturated heterocycles. The van der Waals surface area contributed by atoms with Gasteiger partial charge in [-0.25, -0.2) is 18.1 Å². The average molecular weight is 320 g/mol. The van der Waals surface area contributed by atoms with Crippen LogP contribution in [0.4, 0.5) is 5.69 Å². The van der Waals surface area contributed by atoms with Crippen molar-refractivity contribution in [2.45, 2.75) is 5.09 Å². The SMILES string of the molecule is CNS(=O)(=O)c1ccc(C(=O)Nc2cccc3[nH]cnc23)o1. The Labute approximate surface area is 125 Å². The van der Waals surface area contributed by atoms with Gasteiger partial charge >= 0.3 is 0 Å². The first kappa shape index (κ1) is 14.3. The highest BCUT2D eigenvalue weighted by Gasteiger charge is 2.20. The number of aromatic nitrogens is 2. The second-order valence-electron chi connectivity index (χ2n) is 4.38. The molecule has 114 valence electrons. The van der Waals surface area contributed by atoms with E-state index in [0.29, 0.717) is 11.2 Å². The molecular weight excluding hydrogens is 308 g/mol. The quantitative estimate of drug-likeness (QED) is 0.670. The Morgan fingerprint density at radius 3 is 2.86 bits per heavy atom. The van der Waals surface area contributed by atoms with Crippen LogP contribution in [0, 0.1) is 0 Å². The standard InChI is InChI=1S/C13H12N4O4S/c1-14-22(19,20)11-6-5-10(21-11)13(18)17-9-4-2-3-8-12(9)16-7-15-8/h2-7,14H,1H3,(H,15,16)(H,17,18). The minimum absolute atomic E-state index is 0.110. The van der Waals surface area contributed by atoms with E-state index < -0.39 is 15.9 Å². The lowest BCUT2D eigenvalue weighted by Crippen LogP contribution is -2.18. The molecule has 0 atom stereocenters. The summed E-state index contributed by atoms with van der Waals surface area (Å²) in [6, 6.07) is 7.78. The van der Waals surface area contributed by atoms with Gasteiger partial charge in [0.1, 0.15) is 5.52 Å². The van der Waals surface area contributed by atoms with E-state index >= 15 is 0 Å². The lowest BCUT2D eigenvalue weighted by Gasteiger charge is -2.03. The van der Waals surface area contributed by atoms with Gasteiger partial charge in [-0.15, -0.1) is 0 Å². The highest BCUT2D eigenvalue weighted by molar-refractivity contribution is 7.89. The third-order valence-corrected chi connectivity index (χ3v) is 4.32. The number of benzene rings is 1. The molecule has 0 spiro atoms. The van der Waals surface area contributed by atoms with Crippen LogP contribution in [0.1, 0.15) is 10.6 Å². The average Bonchev–Trinajstić information content (AvgIpc) is 3.17. The highest BCUT2D eigenvalue weighted by Crippen LogP contribution is 2.21. The maximum Gasteiger partial charge on any atom is 0.291 e. The topological polar surface area (TPSA) is 117 Å². The number of carbonyl (C=O) groups is 1. The maximum atomic E-state index is 12.2. The van der Waals surface area contributed by atoms with Crippen molar-refractivity contribution < 1.29 is 17.6 Å². The predicted molar refractivity (Wildman–Crippen MR) is 79.0 cm³/mol. The molecule has 2 aromatic heterocycles. The van der Waals surface area contributed by atoms with E-state index in [2.05, 4.69) is 20.0 Å². The van der Waals surface area contributed by atoms with Crippen LogP contribution in [0.2, 0.25) is 0 Å². The summed E-state index contributed by atoms with van der Waals surface area (Å²) in [5, 5.41) is 2.32. The largest absolute Gasteiger partial charge is 0.438 e. The van der Waals surface area contributed by atoms with E-state index in [4.69, 9.17) is 4.42 Å². The second kappa shape index (κ2) is 5.28. The van der Waals surface area contributed by atoms with Crippen LogP contribution in [-0.4, -0.2) is 31.3 Å². The zero-order chi connectivity index (χ0) is 15.7. The predicted octanol–water partition coefficient (Wildman–Crippen LogP) is 1.32. The number of sulfonamides is 1. The zero-order valence-corrected chi connectivity index (χ0v) is 12.3. The molecule has 2 heterocycles. The van der Waals surface area contributed by atoms with E-state index in [1.807, 2.05) is 6.07 Å². The van der Waals surface area contributed by atoms with Crippen molar-refractivity contribution in [1.29, 1.82) is 0 Å². The molecule has 0 aliphatic heterocycles. The fourth-order valence-corrected chi connectivity index (χ4v) is 2.59. The number of imidazole rings is 1. The number of aromatic amines is 1. The lowest BCUT2D eigenvalue weighted by atomic mass is 10.2. The number of para-hydroxylation sites is 1. The highest BCUT2D eigenvalue weighted by atomic mass is 32.2. The molecule has 0 aliphatic carbocycles. The van der Waals surface area contributed by atoms with E-state index in [1.165, 1.54) is 25.5 Å². The smallest absolute Gasteiger partial charge is 0.291 e. The lowest BCUT2D eigenvalue weighted by molar-refractivity contribution is 0.0991. The van der Waals surface area contributed by atoms with Crippen molar-refractivity contribution in [1.82, 2.24) is 14.7 Å². The van der Waals surface area contributed by atoms with Crippen LogP contribution in [0.3, 0.4) is 0 Å². The number of rotatable bonds is 4. The number of hydrogen-bond donors (Lipinski definition) is 3. The van der Waals surface area contributed by atoms with E-state index in [-0.39, 0.29) is 10.9 Å². The molecule has 8 nitrogen and oxygen atoms in total. The summed E-state index contributed by atoms with van der Waals surface area (Å²) in [6.07, 6.45) is 1.52. The summed E-state index contributed by atoms with van der Waals surface area (Å²) in [4.78, 5) is 19.2. The summed E-state index contributed by atoms with van der Waals surface area (Å²) in [5.74, 6) is -0.672. The summed E-state index contributed by atoms with van der Waals surface area (Å²) < 4.78 is 30.4. The third kappa shape index (κ3) is 2.47. The number of H-pyrrole nitrogens is 1. The number of nitrogens with zero attached hydrogens (tertiary/aromatic N) is 1. The fourth-order valence-electron chi connectivity index (χ4n) is 1.94. The monoisotopic (exact) mass is 320 g/mol. The van der Waals surface area contributed by atoms with Gasteiger partial charge in [0.05, 0.1) is 17.5 Å². The molecule has 0 aliphatic rings. The van der Waals surface area contributed by atoms with E-state index in [9.17, 15) is 13.2 Å². The number of fused-ring (bicyclic) bond motifs is 1. The summed E-state index contributed by atoms with van der Waals surface area (Å²) in [6.45, 7) is 0. The normalized spacial score (nSPS) is 11.7. The van der Waals surface area contributed by atoms with Gasteiger partial charge in [0.25, 0.3) is 15.9 Å². The number of carbonyl (C=O) groups excluding carboxylic acids is 1. The number of furan rings is 1. The number of anilines is 1. The summed E-state index contributed by atoms with van der Waals surface area (Å²) in [5.41, 5.74) is 1.87. The fraction of sp³-hybridized carbons (Fsp3) is 0.0769. The van der Waals surface area contributed by atoms with Gasteiger partial charge in [-0.1, -0.05) is 6.07 Å². The first-order valence-electron chi connectivity index (χ1n) is 6.28. The minimum atomic E-state index is -3.72. The Balaban J connectivity index is 1.88. The van der Waals surface area contributed by atoms with Crippen LogP contribution < -0.4 is 10.0 Å². The Kier molecular flexibility index (Phi) is 3.43. The van der Waals surface area contributed by atoms with Crippen molar-refractivity contribution in [3.05, 3.63) is 42.4 Å². The minimum Gasteiger partial charge on any atom is -0.438 e. The Bertz CT molecular complexity index is 942. The van der Waals surface area contributed by atoms with E-state index in [0.717, 1.165) is 5.52 Å². The van der Waals surface area contributed by atoms with Crippen molar-refractivity contribution >= 4 is 32.7 Å². The van der Waals surface area contributed by atoms with Gasteiger partial charge in [0.15, 0.2) is 5.76 Å². The molecule has 3 N–H and O–H groups in total. The molecule has 0 bridgehead atoms. The summed E-state index contributed by atoms with van der Waals surface area (Å²) in [7, 11) is -2.46. The summed E-state index contributed by atoms with van der Waals surface area (Å²) >= 11 is 0. The molecule has 22 heavy (non-hydrogen) atoms. The molecule has 0 unspecified atom stereocenters. The van der Waals surface area contributed by atoms with Gasteiger partial charge in [-0.2, -0.15) is 0 Å². The molecule has 9 heteroatoms. The molecule has 3 rings (SSSR count). The second-order valence-corrected chi connectivity index (χ2v) is 6.20. The molecule has 0 radical (unpaired) electrons. The van der Waals surface area contributed by atoms with E-state index in [1.54, 1.807) is 12.1 Å². The van der Waals surface area contributed by atoms with Crippen molar-refractivity contribution in [3.63, 3.8) is 0 Å². The zero-order valence-electron chi connectivity index (χ0n) is 11.5. The molecule has 1 amide bonds. The van der Waals surface area contributed by atoms with Crippen molar-refractivity contribution in [2.24, 2.45) is 0 Å². The van der Waals surface area contributed by atoms with Gasteiger partial charge in [-0.3, -0.25) is 4.79 Å². The van der Waals surface area contributed by atoms with Gasteiger partial charge in [0.2, 0.25) is 5.09 Å². The van der Waals surface area contributed by atoms with Crippen LogP contribution >= 0.6 is 0 Å². The Morgan fingerprint density at radius 1 is 1.27 bits per heavy atom. The van der Waals surface area contributed by atoms with Gasteiger partial charge < -0.3 is 14.7 Å². The first-order chi connectivity index (χ1) is 10.5. The number of amides is 1. The molecule has 3 aromatic rings. The third-order valence-electron chi connectivity index (χ3n) is 3.04. The first-order valence-corrected chi connectivity index (χ1v) is 7.76. The maximum absolute atomic E-state index is 12.2. The molecule has 1 aromatic carbocycles. The Hall–Kier alpha value is -2.65. The van der Waals surface area contributed by atoms with Crippen LogP contribution in [0.5, 0.6) is 0 Å². The van der Waals surface area contributed by atoms with Gasteiger partial charge in [-0.05, 0) is 31.3 Å². The molecule has 0 saturated carbocycles. The van der Waals surface area contributed by atoms with Crippen LogP contribution in [-0.2, 0) is 10.0 Å². The van der Waals surface area contributed by atoms with Gasteiger partial charge in [0, 0.05) is 0 Å². The van der Waals surface area contributed by atoms with Crippen molar-refractivity contribution in [3.8, 4) is 0 Å². The van der Waals surface area contributed by atoms with Crippen LogP contribution in [0.15, 0.2) is 46.2 Å². The van der Waals surface area contributed by atoms with Crippen LogP contribution in [0.25, 0.3) is 11.0 Å². The number of hydrogen-bond acceptors (Lipinski definition) is 5. The Morgan fingerprint density at radius 2 is 2.09 bits per heavy atom. The van der Waals surface area contributed by atoms with Crippen molar-refractivity contribution in [2.75, 3.05) is 12.4 Å². The molecular formula is C13H12N4O4S. The molecule has 0 fully saturated rings.